The molecule has 7 heteroatoms. The number of carbonyl (C=O) groups excluding carboxylic acids is 2. The lowest BCUT2D eigenvalue weighted by Crippen LogP contribution is -2.57. The average Bonchev–Trinajstić information content (AvgIpc) is 3.11. The Morgan fingerprint density at radius 2 is 1.92 bits per heavy atom. The molecule has 2 aliphatic rings. The lowest BCUT2D eigenvalue weighted by Gasteiger charge is -2.43. The fourth-order valence-electron chi connectivity index (χ4n) is 5.14. The SMILES string of the molecule is C=C[C@@]1(O[Si](CC)(CC)CC)[C@@H]2CC[C@H]1C(O)(C(CO)C(=O)OC)C2=O. The number of Topliss-reactive ketones (excluding diaryl/α,β-unsaturated/α-hetero) is 1. The van der Waals surface area contributed by atoms with Crippen molar-refractivity contribution in [3.05, 3.63) is 12.7 Å². The van der Waals surface area contributed by atoms with Crippen LogP contribution in [0.4, 0.5) is 0 Å². The second-order valence-electron chi connectivity index (χ2n) is 7.53. The molecule has 0 amide bonds. The number of aliphatic hydroxyl groups is 2. The van der Waals surface area contributed by atoms with Gasteiger partial charge >= 0.3 is 5.97 Å². The van der Waals surface area contributed by atoms with E-state index >= 15 is 0 Å². The molecule has 0 heterocycles. The molecule has 2 N–H and O–H groups in total. The minimum Gasteiger partial charge on any atom is -0.469 e. The summed E-state index contributed by atoms with van der Waals surface area (Å²) in [5, 5.41) is 21.1. The highest BCUT2D eigenvalue weighted by molar-refractivity contribution is 6.73. The summed E-state index contributed by atoms with van der Waals surface area (Å²) in [4.78, 5) is 25.3. The van der Waals surface area contributed by atoms with Crippen LogP contribution in [0.5, 0.6) is 0 Å². The molecule has 2 aliphatic carbocycles. The Labute approximate surface area is 156 Å². The summed E-state index contributed by atoms with van der Waals surface area (Å²) in [5.41, 5.74) is -2.95. The molecule has 2 bridgehead atoms. The third-order valence-corrected chi connectivity index (χ3v) is 11.6. The Kier molecular flexibility index (Phi) is 6.17. The van der Waals surface area contributed by atoms with Crippen molar-refractivity contribution in [3.8, 4) is 0 Å². The van der Waals surface area contributed by atoms with Gasteiger partial charge in [-0.1, -0.05) is 26.8 Å². The monoisotopic (exact) mass is 384 g/mol. The molecule has 0 aromatic carbocycles. The van der Waals surface area contributed by atoms with Crippen LogP contribution in [0.15, 0.2) is 12.7 Å². The number of hydrogen-bond acceptors (Lipinski definition) is 6. The summed E-state index contributed by atoms with van der Waals surface area (Å²) in [6.45, 7) is 9.61. The second kappa shape index (κ2) is 7.54. The number of rotatable bonds is 9. The minimum absolute atomic E-state index is 0.427. The molecule has 0 aromatic rings. The first-order chi connectivity index (χ1) is 12.3. The fourth-order valence-corrected chi connectivity index (χ4v) is 8.19. The van der Waals surface area contributed by atoms with Crippen molar-refractivity contribution in [2.45, 2.75) is 62.9 Å². The van der Waals surface area contributed by atoms with E-state index in [0.717, 1.165) is 18.1 Å². The standard InChI is InChI=1S/C19H32O6Si/c1-6-18(25-26(7-2,8-3)9-4)13-10-11-15(18)19(23,16(13)21)14(12-20)17(22)24-5/h6,13-15,20,23H,1,7-12H2,2-5H3/t13-,14?,15-,18-,19?/m1/s1. The average molecular weight is 385 g/mol. The maximum atomic E-state index is 13.2. The van der Waals surface area contributed by atoms with Gasteiger partial charge in [-0.05, 0) is 31.0 Å². The first-order valence-electron chi connectivity index (χ1n) is 9.55. The summed E-state index contributed by atoms with van der Waals surface area (Å²) in [6.07, 6.45) is 2.81. The summed E-state index contributed by atoms with van der Waals surface area (Å²) >= 11 is 0. The largest absolute Gasteiger partial charge is 0.469 e. The van der Waals surface area contributed by atoms with Crippen molar-refractivity contribution in [3.63, 3.8) is 0 Å². The highest BCUT2D eigenvalue weighted by atomic mass is 28.4. The van der Waals surface area contributed by atoms with Gasteiger partial charge in [0, 0.05) is 5.92 Å². The Morgan fingerprint density at radius 1 is 1.35 bits per heavy atom. The molecule has 0 saturated heterocycles. The molecule has 148 valence electrons. The molecule has 2 fully saturated rings. The smallest absolute Gasteiger partial charge is 0.314 e. The van der Waals surface area contributed by atoms with Gasteiger partial charge in [0.15, 0.2) is 14.1 Å². The maximum absolute atomic E-state index is 13.2. The first kappa shape index (κ1) is 21.3. The molecule has 26 heavy (non-hydrogen) atoms. The zero-order chi connectivity index (χ0) is 19.8. The molecular weight excluding hydrogens is 352 g/mol. The Bertz CT molecular complexity index is 566. The van der Waals surface area contributed by atoms with Gasteiger partial charge in [-0.15, -0.1) is 6.58 Å². The molecule has 6 nitrogen and oxygen atoms in total. The Balaban J connectivity index is 2.53. The van der Waals surface area contributed by atoms with Crippen molar-refractivity contribution in [2.75, 3.05) is 13.7 Å². The van der Waals surface area contributed by atoms with E-state index in [0.29, 0.717) is 12.8 Å². The molecule has 0 spiro atoms. The topological polar surface area (TPSA) is 93.1 Å². The summed E-state index contributed by atoms with van der Waals surface area (Å²) < 4.78 is 11.5. The molecule has 2 saturated carbocycles. The van der Waals surface area contributed by atoms with Crippen molar-refractivity contribution in [2.24, 2.45) is 17.8 Å². The number of ether oxygens (including phenoxy) is 1. The highest BCUT2D eigenvalue weighted by Gasteiger charge is 2.74. The van der Waals surface area contributed by atoms with Crippen molar-refractivity contribution >= 4 is 20.1 Å². The van der Waals surface area contributed by atoms with Crippen molar-refractivity contribution in [1.82, 2.24) is 0 Å². The van der Waals surface area contributed by atoms with E-state index in [9.17, 15) is 19.8 Å². The summed E-state index contributed by atoms with van der Waals surface area (Å²) in [7, 11) is -0.918. The Hall–Kier alpha value is -1.02. The van der Waals surface area contributed by atoms with Crippen LogP contribution in [0, 0.1) is 17.8 Å². The van der Waals surface area contributed by atoms with Crippen LogP contribution in [-0.2, 0) is 18.8 Å². The van der Waals surface area contributed by atoms with E-state index in [-0.39, 0.29) is 0 Å². The molecule has 5 atom stereocenters. The van der Waals surface area contributed by atoms with Crippen LogP contribution < -0.4 is 0 Å². The Morgan fingerprint density at radius 3 is 2.35 bits per heavy atom. The van der Waals surface area contributed by atoms with E-state index in [1.54, 1.807) is 6.08 Å². The summed E-state index contributed by atoms with van der Waals surface area (Å²) in [6, 6.07) is 2.71. The normalized spacial score (nSPS) is 34.8. The van der Waals surface area contributed by atoms with E-state index in [2.05, 4.69) is 27.4 Å². The third kappa shape index (κ3) is 2.71. The molecule has 2 unspecified atom stereocenters. The van der Waals surface area contributed by atoms with Gasteiger partial charge in [-0.2, -0.15) is 0 Å². The van der Waals surface area contributed by atoms with E-state index in [1.165, 1.54) is 7.11 Å². The highest BCUT2D eigenvalue weighted by Crippen LogP contribution is 2.60. The van der Waals surface area contributed by atoms with Crippen LogP contribution in [0.25, 0.3) is 0 Å². The fraction of sp³-hybridized carbons (Fsp3) is 0.789. The number of fused-ring (bicyclic) bond motifs is 2. The zero-order valence-electron chi connectivity index (χ0n) is 16.3. The van der Waals surface area contributed by atoms with Gasteiger partial charge < -0.3 is 19.4 Å². The van der Waals surface area contributed by atoms with Crippen LogP contribution in [-0.4, -0.2) is 55.2 Å². The van der Waals surface area contributed by atoms with Crippen LogP contribution in [0.3, 0.4) is 0 Å². The number of carbonyl (C=O) groups is 2. The number of methoxy groups -OCH3 is 1. The minimum atomic E-state index is -2.11. The van der Waals surface area contributed by atoms with E-state index in [1.807, 2.05) is 0 Å². The number of ketones is 1. The number of esters is 1. The van der Waals surface area contributed by atoms with Crippen LogP contribution >= 0.6 is 0 Å². The molecule has 2 rings (SSSR count). The second-order valence-corrected chi connectivity index (χ2v) is 12.2. The maximum Gasteiger partial charge on any atom is 0.314 e. The first-order valence-corrected chi connectivity index (χ1v) is 12.1. The lowest BCUT2D eigenvalue weighted by atomic mass is 9.73. The number of hydrogen-bond donors (Lipinski definition) is 2. The zero-order valence-corrected chi connectivity index (χ0v) is 17.3. The lowest BCUT2D eigenvalue weighted by molar-refractivity contribution is -0.173. The third-order valence-electron chi connectivity index (χ3n) is 6.92. The predicted octanol–water partition coefficient (Wildman–Crippen LogP) is 2.05. The quantitative estimate of drug-likeness (QED) is 0.359. The van der Waals surface area contributed by atoms with Gasteiger partial charge in [0.1, 0.15) is 11.5 Å². The molecular formula is C19H32O6Si. The summed E-state index contributed by atoms with van der Waals surface area (Å²) in [5.74, 6) is -3.65. The van der Waals surface area contributed by atoms with Gasteiger partial charge in [0.25, 0.3) is 0 Å². The van der Waals surface area contributed by atoms with E-state index < -0.39 is 55.6 Å². The molecule has 0 aromatic heterocycles. The predicted molar refractivity (Wildman–Crippen MR) is 100.0 cm³/mol. The molecule has 0 aliphatic heterocycles. The van der Waals surface area contributed by atoms with E-state index in [4.69, 9.17) is 9.16 Å². The van der Waals surface area contributed by atoms with Gasteiger partial charge in [0.2, 0.25) is 0 Å². The number of aliphatic hydroxyl groups excluding tert-OH is 1. The van der Waals surface area contributed by atoms with Crippen molar-refractivity contribution < 1.29 is 29.0 Å². The van der Waals surface area contributed by atoms with Crippen LogP contribution in [0.2, 0.25) is 18.1 Å². The van der Waals surface area contributed by atoms with Gasteiger partial charge in [-0.25, -0.2) is 0 Å². The van der Waals surface area contributed by atoms with Crippen molar-refractivity contribution in [1.29, 1.82) is 0 Å². The molecule has 0 radical (unpaired) electrons. The van der Waals surface area contributed by atoms with Gasteiger partial charge in [-0.3, -0.25) is 9.59 Å². The van der Waals surface area contributed by atoms with Crippen LogP contribution in [0.1, 0.15) is 33.6 Å². The van der Waals surface area contributed by atoms with Gasteiger partial charge in [0.05, 0.1) is 25.2 Å².